The number of nitrogens with one attached hydrogen (secondary N) is 1. The molecule has 0 aromatic heterocycles. The molecule has 1 unspecified atom stereocenters. The summed E-state index contributed by atoms with van der Waals surface area (Å²) in [6.45, 7) is -0.0288. The van der Waals surface area contributed by atoms with Gasteiger partial charge in [-0.25, -0.2) is 8.78 Å². The highest BCUT2D eigenvalue weighted by molar-refractivity contribution is 6.30. The monoisotopic (exact) mass is 255 g/mol. The second-order valence-electron chi connectivity index (χ2n) is 2.93. The molecule has 0 amide bonds. The minimum atomic E-state index is -0.860. The van der Waals surface area contributed by atoms with E-state index in [1.807, 2.05) is 0 Å². The van der Waals surface area contributed by atoms with Crippen LogP contribution in [0.25, 0.3) is 0 Å². The fourth-order valence-corrected chi connectivity index (χ4v) is 1.29. The van der Waals surface area contributed by atoms with E-state index in [2.05, 4.69) is 5.32 Å². The molecule has 0 saturated heterocycles. The summed E-state index contributed by atoms with van der Waals surface area (Å²) in [5.41, 5.74) is -0.316. The summed E-state index contributed by atoms with van der Waals surface area (Å²) < 4.78 is 26.3. The SMILES string of the molecule is OC(CCl)CNc1c(F)cc(Cl)cc1F. The Morgan fingerprint density at radius 3 is 2.33 bits per heavy atom. The first-order valence-corrected chi connectivity index (χ1v) is 5.08. The molecule has 0 aliphatic carbocycles. The molecule has 15 heavy (non-hydrogen) atoms. The zero-order chi connectivity index (χ0) is 11.4. The summed E-state index contributed by atoms with van der Waals surface area (Å²) in [7, 11) is 0. The van der Waals surface area contributed by atoms with Crippen molar-refractivity contribution in [2.45, 2.75) is 6.10 Å². The Labute approximate surface area is 95.8 Å². The summed E-state index contributed by atoms with van der Waals surface area (Å²) in [4.78, 5) is 0. The van der Waals surface area contributed by atoms with Crippen LogP contribution in [0.4, 0.5) is 14.5 Å². The van der Waals surface area contributed by atoms with Crippen LogP contribution >= 0.6 is 23.2 Å². The summed E-state index contributed by atoms with van der Waals surface area (Å²) in [5.74, 6) is -1.62. The van der Waals surface area contributed by atoms with Crippen LogP contribution in [0.15, 0.2) is 12.1 Å². The standard InChI is InChI=1S/C9H9Cl2F2NO/c10-3-6(15)4-14-9-7(12)1-5(11)2-8(9)13/h1-2,6,14-15H,3-4H2. The number of halogens is 4. The second kappa shape index (κ2) is 5.49. The molecule has 0 radical (unpaired) electrons. The minimum absolute atomic E-state index is 0.0101. The number of benzene rings is 1. The number of aliphatic hydroxyl groups is 1. The molecular formula is C9H9Cl2F2NO. The van der Waals surface area contributed by atoms with Crippen LogP contribution in [0.5, 0.6) is 0 Å². The largest absolute Gasteiger partial charge is 0.390 e. The summed E-state index contributed by atoms with van der Waals surface area (Å²) in [6, 6.07) is 1.97. The number of aliphatic hydroxyl groups excluding tert-OH is 1. The normalized spacial score (nSPS) is 12.6. The van der Waals surface area contributed by atoms with Crippen LogP contribution in [0.2, 0.25) is 5.02 Å². The van der Waals surface area contributed by atoms with E-state index in [1.165, 1.54) is 0 Å². The third-order valence-corrected chi connectivity index (χ3v) is 2.27. The smallest absolute Gasteiger partial charge is 0.150 e. The zero-order valence-electron chi connectivity index (χ0n) is 7.61. The van der Waals surface area contributed by atoms with Crippen LogP contribution in [-0.2, 0) is 0 Å². The lowest BCUT2D eigenvalue weighted by Gasteiger charge is -2.11. The van der Waals surface area contributed by atoms with Gasteiger partial charge in [-0.1, -0.05) is 11.6 Å². The molecule has 2 nitrogen and oxygen atoms in total. The highest BCUT2D eigenvalue weighted by Gasteiger charge is 2.11. The van der Waals surface area contributed by atoms with Crippen molar-refractivity contribution in [3.05, 3.63) is 28.8 Å². The maximum absolute atomic E-state index is 13.2. The van der Waals surface area contributed by atoms with Gasteiger partial charge in [0.05, 0.1) is 12.0 Å². The van der Waals surface area contributed by atoms with Gasteiger partial charge >= 0.3 is 0 Å². The molecular weight excluding hydrogens is 247 g/mol. The molecule has 0 spiro atoms. The molecule has 0 heterocycles. The Morgan fingerprint density at radius 2 is 1.87 bits per heavy atom. The Morgan fingerprint density at radius 1 is 1.33 bits per heavy atom. The number of alkyl halides is 1. The Bertz CT molecular complexity index is 326. The van der Waals surface area contributed by atoms with Crippen molar-refractivity contribution in [1.29, 1.82) is 0 Å². The zero-order valence-corrected chi connectivity index (χ0v) is 9.12. The van der Waals surface area contributed by atoms with Crippen molar-refractivity contribution in [1.82, 2.24) is 0 Å². The lowest BCUT2D eigenvalue weighted by Crippen LogP contribution is -2.21. The minimum Gasteiger partial charge on any atom is -0.390 e. The van der Waals surface area contributed by atoms with E-state index in [9.17, 15) is 8.78 Å². The molecule has 0 aliphatic heterocycles. The number of hydrogen-bond acceptors (Lipinski definition) is 2. The average molecular weight is 256 g/mol. The molecule has 2 N–H and O–H groups in total. The van der Waals surface area contributed by atoms with E-state index in [0.29, 0.717) is 0 Å². The van der Waals surface area contributed by atoms with E-state index in [0.717, 1.165) is 12.1 Å². The molecule has 0 saturated carbocycles. The van der Waals surface area contributed by atoms with Gasteiger partial charge in [0.2, 0.25) is 0 Å². The van der Waals surface area contributed by atoms with Gasteiger partial charge in [-0.05, 0) is 12.1 Å². The maximum Gasteiger partial charge on any atom is 0.150 e. The lowest BCUT2D eigenvalue weighted by molar-refractivity contribution is 0.211. The highest BCUT2D eigenvalue weighted by Crippen LogP contribution is 2.23. The van der Waals surface area contributed by atoms with E-state index < -0.39 is 17.7 Å². The van der Waals surface area contributed by atoms with Crippen molar-refractivity contribution in [2.75, 3.05) is 17.7 Å². The Balaban J connectivity index is 2.77. The summed E-state index contributed by atoms with van der Waals surface area (Å²) in [5, 5.41) is 11.5. The van der Waals surface area contributed by atoms with Gasteiger partial charge in [0.1, 0.15) is 5.69 Å². The number of hydrogen-bond donors (Lipinski definition) is 2. The van der Waals surface area contributed by atoms with Crippen molar-refractivity contribution in [3.63, 3.8) is 0 Å². The predicted molar refractivity (Wildman–Crippen MR) is 56.6 cm³/mol. The predicted octanol–water partition coefficient (Wildman–Crippen LogP) is 2.63. The molecule has 0 aliphatic rings. The maximum atomic E-state index is 13.2. The third-order valence-electron chi connectivity index (χ3n) is 1.70. The van der Waals surface area contributed by atoms with Crippen molar-refractivity contribution in [3.8, 4) is 0 Å². The molecule has 1 rings (SSSR count). The fraction of sp³-hybridized carbons (Fsp3) is 0.333. The first-order valence-electron chi connectivity index (χ1n) is 4.17. The molecule has 1 atom stereocenters. The number of anilines is 1. The van der Waals surface area contributed by atoms with Gasteiger partial charge in [0.15, 0.2) is 11.6 Å². The Kier molecular flexibility index (Phi) is 4.57. The topological polar surface area (TPSA) is 32.3 Å². The van der Waals surface area contributed by atoms with Crippen LogP contribution in [0.1, 0.15) is 0 Å². The second-order valence-corrected chi connectivity index (χ2v) is 3.68. The van der Waals surface area contributed by atoms with Crippen LogP contribution in [-0.4, -0.2) is 23.6 Å². The fourth-order valence-electron chi connectivity index (χ4n) is 0.986. The van der Waals surface area contributed by atoms with Crippen LogP contribution in [0.3, 0.4) is 0 Å². The molecule has 84 valence electrons. The van der Waals surface area contributed by atoms with Gasteiger partial charge in [0, 0.05) is 11.6 Å². The average Bonchev–Trinajstić information content (AvgIpc) is 2.15. The van der Waals surface area contributed by atoms with Crippen LogP contribution in [0, 0.1) is 11.6 Å². The van der Waals surface area contributed by atoms with E-state index in [4.69, 9.17) is 28.3 Å². The molecule has 0 fully saturated rings. The van der Waals surface area contributed by atoms with Gasteiger partial charge in [0.25, 0.3) is 0 Å². The Hall–Kier alpha value is -0.580. The number of rotatable bonds is 4. The molecule has 6 heteroatoms. The summed E-state index contributed by atoms with van der Waals surface area (Å²) >= 11 is 10.8. The summed E-state index contributed by atoms with van der Waals surface area (Å²) in [6.07, 6.45) is -0.860. The molecule has 0 bridgehead atoms. The molecule has 1 aromatic rings. The van der Waals surface area contributed by atoms with Crippen molar-refractivity contribution >= 4 is 28.9 Å². The lowest BCUT2D eigenvalue weighted by atomic mass is 10.2. The highest BCUT2D eigenvalue weighted by atomic mass is 35.5. The van der Waals surface area contributed by atoms with Gasteiger partial charge in [-0.15, -0.1) is 11.6 Å². The third kappa shape index (κ3) is 3.48. The first-order chi connectivity index (χ1) is 7.04. The van der Waals surface area contributed by atoms with Crippen LogP contribution < -0.4 is 5.32 Å². The van der Waals surface area contributed by atoms with E-state index in [-0.39, 0.29) is 23.1 Å². The van der Waals surface area contributed by atoms with Gasteiger partial charge < -0.3 is 10.4 Å². The van der Waals surface area contributed by atoms with Crippen molar-refractivity contribution < 1.29 is 13.9 Å². The van der Waals surface area contributed by atoms with Crippen molar-refractivity contribution in [2.24, 2.45) is 0 Å². The van der Waals surface area contributed by atoms with E-state index in [1.54, 1.807) is 0 Å². The molecule has 1 aromatic carbocycles. The van der Waals surface area contributed by atoms with Gasteiger partial charge in [-0.2, -0.15) is 0 Å². The van der Waals surface area contributed by atoms with Gasteiger partial charge in [-0.3, -0.25) is 0 Å². The van der Waals surface area contributed by atoms with E-state index >= 15 is 0 Å². The first kappa shape index (κ1) is 12.5. The quantitative estimate of drug-likeness (QED) is 0.811.